The molecule has 3 aliphatic rings. The second-order valence-electron chi connectivity index (χ2n) is 12.2. The molecule has 0 radical (unpaired) electrons. The molecule has 0 spiro atoms. The smallest absolute Gasteiger partial charge is 0.308 e. The zero-order valence-electron chi connectivity index (χ0n) is 25.5. The summed E-state index contributed by atoms with van der Waals surface area (Å²) in [7, 11) is 0. The first-order valence-electron chi connectivity index (χ1n) is 15.6. The molecule has 2 bridgehead atoms. The van der Waals surface area contributed by atoms with Crippen molar-refractivity contribution in [3.63, 3.8) is 0 Å². The van der Waals surface area contributed by atoms with Gasteiger partial charge in [-0.1, -0.05) is 121 Å². The summed E-state index contributed by atoms with van der Waals surface area (Å²) in [6.45, 7) is 1.31. The van der Waals surface area contributed by atoms with E-state index in [4.69, 9.17) is 4.74 Å². The van der Waals surface area contributed by atoms with Gasteiger partial charge in [-0.15, -0.1) is 0 Å². The van der Waals surface area contributed by atoms with Gasteiger partial charge in [-0.25, -0.2) is 4.90 Å². The summed E-state index contributed by atoms with van der Waals surface area (Å²) in [5, 5.41) is 0. The molecule has 0 N–H and O–H groups in total. The Labute approximate surface area is 271 Å². The Morgan fingerprint density at radius 1 is 0.553 bits per heavy atom. The number of amides is 2. The largest absolute Gasteiger partial charge is 0.427 e. The maximum Gasteiger partial charge on any atom is 0.308 e. The minimum Gasteiger partial charge on any atom is -0.427 e. The number of Topliss-reactive ketones (excluding diaryl/α,β-unsaturated/α-hetero) is 1. The van der Waals surface area contributed by atoms with Gasteiger partial charge in [0.25, 0.3) is 0 Å². The Kier molecular flexibility index (Phi) is 6.44. The molecule has 5 aromatic carbocycles. The summed E-state index contributed by atoms with van der Waals surface area (Å²) in [5.74, 6) is -3.23. The van der Waals surface area contributed by atoms with Crippen molar-refractivity contribution < 1.29 is 23.9 Å². The van der Waals surface area contributed by atoms with Gasteiger partial charge in [0.15, 0.2) is 5.78 Å². The van der Waals surface area contributed by atoms with Gasteiger partial charge in [0, 0.05) is 6.92 Å². The first-order chi connectivity index (χ1) is 22.9. The fourth-order valence-electron chi connectivity index (χ4n) is 8.42. The Hall–Kier alpha value is -5.88. The van der Waals surface area contributed by atoms with Gasteiger partial charge < -0.3 is 4.74 Å². The lowest BCUT2D eigenvalue weighted by atomic mass is 9.59. The number of rotatable bonds is 6. The molecular formula is C41H29NO5. The van der Waals surface area contributed by atoms with Crippen molar-refractivity contribution >= 4 is 40.4 Å². The Morgan fingerprint density at radius 2 is 0.936 bits per heavy atom. The van der Waals surface area contributed by atoms with Crippen molar-refractivity contribution in [2.75, 3.05) is 4.90 Å². The van der Waals surface area contributed by atoms with Crippen LogP contribution in [0.25, 0.3) is 11.1 Å². The monoisotopic (exact) mass is 615 g/mol. The van der Waals surface area contributed by atoms with Crippen molar-refractivity contribution in [2.24, 2.45) is 11.8 Å². The number of ketones is 1. The molecule has 8 rings (SSSR count). The molecule has 4 atom stereocenters. The summed E-state index contributed by atoms with van der Waals surface area (Å²) in [5.41, 5.74) is 1.92. The number of ether oxygens (including phenoxy) is 1. The number of fused-ring (bicyclic) bond motifs is 5. The van der Waals surface area contributed by atoms with E-state index in [0.29, 0.717) is 22.6 Å². The topological polar surface area (TPSA) is 80.8 Å². The van der Waals surface area contributed by atoms with E-state index in [2.05, 4.69) is 0 Å². The average molecular weight is 616 g/mol. The third kappa shape index (κ3) is 3.78. The summed E-state index contributed by atoms with van der Waals surface area (Å²) >= 11 is 0. The Bertz CT molecular complexity index is 1970. The van der Waals surface area contributed by atoms with Crippen LogP contribution in [0.1, 0.15) is 29.2 Å². The van der Waals surface area contributed by atoms with Crippen molar-refractivity contribution in [1.82, 2.24) is 0 Å². The van der Waals surface area contributed by atoms with E-state index in [9.17, 15) is 4.79 Å². The number of carbonyl (C=O) groups excluding carboxylic acids is 4. The number of carbonyl (C=O) groups is 4. The molecule has 5 aromatic rings. The number of imide groups is 1. The molecule has 228 valence electrons. The van der Waals surface area contributed by atoms with Gasteiger partial charge in [0.1, 0.15) is 5.75 Å². The molecular weight excluding hydrogens is 586 g/mol. The second-order valence-corrected chi connectivity index (χ2v) is 12.2. The van der Waals surface area contributed by atoms with E-state index < -0.39 is 40.4 Å². The molecule has 0 aromatic heterocycles. The number of hydrogen-bond donors (Lipinski definition) is 0. The second kappa shape index (κ2) is 10.6. The lowest BCUT2D eigenvalue weighted by Gasteiger charge is -2.39. The fourth-order valence-corrected chi connectivity index (χ4v) is 8.42. The molecule has 0 unspecified atom stereocenters. The van der Waals surface area contributed by atoms with Crippen molar-refractivity contribution in [3.05, 3.63) is 168 Å². The van der Waals surface area contributed by atoms with Crippen LogP contribution in [0.3, 0.4) is 0 Å². The van der Waals surface area contributed by atoms with Gasteiger partial charge in [-0.2, -0.15) is 0 Å². The number of benzene rings is 5. The highest BCUT2D eigenvalue weighted by atomic mass is 16.5. The van der Waals surface area contributed by atoms with Crippen molar-refractivity contribution in [2.45, 2.75) is 17.8 Å². The Balaban J connectivity index is 1.48. The zero-order valence-corrected chi connectivity index (χ0v) is 25.5. The van der Waals surface area contributed by atoms with E-state index in [1.165, 1.54) is 11.8 Å². The van der Waals surface area contributed by atoms with Gasteiger partial charge in [0.05, 0.1) is 28.4 Å². The SMILES string of the molecule is CC(=O)Oc1ccc(N2C(=O)[C@@H]3[C@@H](C2=O)[C@@]2(c4ccccc4)C(=O)[C@@]3(c3ccccc3)C(c3ccccc3)=C2c2ccccc2)cc1. The van der Waals surface area contributed by atoms with E-state index in [-0.39, 0.29) is 5.78 Å². The predicted octanol–water partition coefficient (Wildman–Crippen LogP) is 6.80. The van der Waals surface area contributed by atoms with Crippen molar-refractivity contribution in [1.29, 1.82) is 0 Å². The Morgan fingerprint density at radius 3 is 1.32 bits per heavy atom. The van der Waals surface area contributed by atoms with Gasteiger partial charge >= 0.3 is 5.97 Å². The van der Waals surface area contributed by atoms with E-state index in [1.54, 1.807) is 24.3 Å². The average Bonchev–Trinajstić information content (AvgIpc) is 3.62. The van der Waals surface area contributed by atoms with E-state index in [1.807, 2.05) is 121 Å². The number of hydrogen-bond acceptors (Lipinski definition) is 5. The highest BCUT2D eigenvalue weighted by Crippen LogP contribution is 2.74. The quantitative estimate of drug-likeness (QED) is 0.119. The zero-order chi connectivity index (χ0) is 32.3. The van der Waals surface area contributed by atoms with E-state index >= 15 is 14.4 Å². The third-order valence-electron chi connectivity index (χ3n) is 9.93. The molecule has 2 amide bonds. The molecule has 1 saturated carbocycles. The third-order valence-corrected chi connectivity index (χ3v) is 9.93. The van der Waals surface area contributed by atoms with Crippen LogP contribution in [-0.4, -0.2) is 23.6 Å². The molecule has 6 nitrogen and oxygen atoms in total. The molecule has 47 heavy (non-hydrogen) atoms. The van der Waals surface area contributed by atoms with Crippen molar-refractivity contribution in [3.8, 4) is 5.75 Å². The van der Waals surface area contributed by atoms with Crippen LogP contribution in [0, 0.1) is 11.8 Å². The molecule has 2 aliphatic carbocycles. The van der Waals surface area contributed by atoms with Crippen LogP contribution in [0.15, 0.2) is 146 Å². The maximum absolute atomic E-state index is 15.9. The minimum absolute atomic E-state index is 0.165. The van der Waals surface area contributed by atoms with Crippen LogP contribution in [0.2, 0.25) is 0 Å². The van der Waals surface area contributed by atoms with Crippen LogP contribution in [-0.2, 0) is 30.0 Å². The normalized spacial score (nSPS) is 24.5. The van der Waals surface area contributed by atoms with Gasteiger partial charge in [-0.05, 0) is 57.7 Å². The molecule has 1 heterocycles. The molecule has 6 heteroatoms. The number of anilines is 1. The summed E-state index contributed by atoms with van der Waals surface area (Å²) in [4.78, 5) is 58.7. The fraction of sp³-hybridized carbons (Fsp3) is 0.122. The predicted molar refractivity (Wildman–Crippen MR) is 178 cm³/mol. The summed E-state index contributed by atoms with van der Waals surface area (Å²) in [6, 6.07) is 44.8. The number of esters is 1. The molecule has 1 saturated heterocycles. The number of nitrogens with zero attached hydrogens (tertiary/aromatic N) is 1. The summed E-state index contributed by atoms with van der Waals surface area (Å²) in [6.07, 6.45) is 0. The minimum atomic E-state index is -1.46. The maximum atomic E-state index is 15.9. The van der Waals surface area contributed by atoms with Crippen LogP contribution in [0.5, 0.6) is 5.75 Å². The van der Waals surface area contributed by atoms with E-state index in [0.717, 1.165) is 22.3 Å². The van der Waals surface area contributed by atoms with Crippen LogP contribution < -0.4 is 9.64 Å². The lowest BCUT2D eigenvalue weighted by Crippen LogP contribution is -2.45. The highest BCUT2D eigenvalue weighted by molar-refractivity contribution is 6.39. The first kappa shape index (κ1) is 28.6. The standard InChI is InChI=1S/C41H29NO5/c1-26(43)47-32-24-22-31(23-25-32)42-37(44)35-36(38(42)45)41(30-20-12-5-13-21-30)34(28-16-8-3-9-17-28)33(27-14-6-2-7-15-27)40(35,39(41)46)29-18-10-4-11-19-29/h2-25,35-36H,1H3/t35-,36-,40-,41-/m0/s1. The van der Waals surface area contributed by atoms with Crippen LogP contribution >= 0.6 is 0 Å². The number of allylic oxidation sites excluding steroid dienone is 2. The molecule has 1 aliphatic heterocycles. The van der Waals surface area contributed by atoms with Gasteiger partial charge in [0.2, 0.25) is 11.8 Å². The summed E-state index contributed by atoms with van der Waals surface area (Å²) < 4.78 is 5.21. The van der Waals surface area contributed by atoms with Crippen LogP contribution in [0.4, 0.5) is 5.69 Å². The highest BCUT2D eigenvalue weighted by Gasteiger charge is 2.82. The molecule has 2 fully saturated rings. The van der Waals surface area contributed by atoms with Gasteiger partial charge in [-0.3, -0.25) is 19.2 Å². The first-order valence-corrected chi connectivity index (χ1v) is 15.6. The lowest BCUT2D eigenvalue weighted by molar-refractivity contribution is -0.132.